The number of nitrogens with zero attached hydrogens (tertiary/aromatic N) is 1. The molecule has 1 heterocycles. The summed E-state index contributed by atoms with van der Waals surface area (Å²) >= 11 is 0. The summed E-state index contributed by atoms with van der Waals surface area (Å²) in [6.45, 7) is 3.81. The first kappa shape index (κ1) is 15.2. The van der Waals surface area contributed by atoms with E-state index in [2.05, 4.69) is 10.3 Å². The normalized spacial score (nSPS) is 15.0. The van der Waals surface area contributed by atoms with Crippen molar-refractivity contribution in [3.8, 4) is 0 Å². The SMILES string of the molecule is CC(NC(=O)C(C)C(N)c1ccccc1)c1ccncc1. The highest BCUT2D eigenvalue weighted by Crippen LogP contribution is 2.20. The van der Waals surface area contributed by atoms with Gasteiger partial charge in [0, 0.05) is 18.4 Å². The van der Waals surface area contributed by atoms with Gasteiger partial charge in [0.2, 0.25) is 5.91 Å². The van der Waals surface area contributed by atoms with E-state index >= 15 is 0 Å². The summed E-state index contributed by atoms with van der Waals surface area (Å²) in [5.74, 6) is -0.340. The quantitative estimate of drug-likeness (QED) is 0.886. The van der Waals surface area contributed by atoms with Crippen molar-refractivity contribution in [1.82, 2.24) is 10.3 Å². The Kier molecular flexibility index (Phi) is 5.06. The summed E-state index contributed by atoms with van der Waals surface area (Å²) in [6.07, 6.45) is 3.44. The molecule has 21 heavy (non-hydrogen) atoms. The van der Waals surface area contributed by atoms with Crippen LogP contribution in [0.25, 0.3) is 0 Å². The number of aromatic nitrogens is 1. The van der Waals surface area contributed by atoms with E-state index in [1.54, 1.807) is 12.4 Å². The number of carbonyl (C=O) groups excluding carboxylic acids is 1. The van der Waals surface area contributed by atoms with Crippen molar-refractivity contribution in [3.63, 3.8) is 0 Å². The van der Waals surface area contributed by atoms with Gasteiger partial charge in [-0.1, -0.05) is 37.3 Å². The minimum atomic E-state index is -0.309. The Labute approximate surface area is 125 Å². The van der Waals surface area contributed by atoms with E-state index in [0.717, 1.165) is 11.1 Å². The smallest absolute Gasteiger partial charge is 0.225 e. The highest BCUT2D eigenvalue weighted by atomic mass is 16.1. The number of carbonyl (C=O) groups is 1. The van der Waals surface area contributed by atoms with Crippen LogP contribution in [-0.4, -0.2) is 10.9 Å². The second-order valence-corrected chi connectivity index (χ2v) is 5.24. The van der Waals surface area contributed by atoms with Gasteiger partial charge in [0.25, 0.3) is 0 Å². The largest absolute Gasteiger partial charge is 0.349 e. The van der Waals surface area contributed by atoms with E-state index in [0.29, 0.717) is 0 Å². The molecule has 0 aliphatic heterocycles. The van der Waals surface area contributed by atoms with E-state index in [1.165, 1.54) is 0 Å². The molecule has 1 aromatic carbocycles. The van der Waals surface area contributed by atoms with Gasteiger partial charge >= 0.3 is 0 Å². The molecule has 0 saturated carbocycles. The van der Waals surface area contributed by atoms with Crippen molar-refractivity contribution < 1.29 is 4.79 Å². The second kappa shape index (κ2) is 6.99. The molecule has 3 unspecified atom stereocenters. The molecule has 4 heteroatoms. The minimum absolute atomic E-state index is 0.0457. The number of benzene rings is 1. The first-order valence-corrected chi connectivity index (χ1v) is 7.10. The Balaban J connectivity index is 2.00. The van der Waals surface area contributed by atoms with Gasteiger partial charge in [-0.25, -0.2) is 0 Å². The summed E-state index contributed by atoms with van der Waals surface area (Å²) in [6, 6.07) is 13.1. The predicted molar refractivity (Wildman–Crippen MR) is 83.3 cm³/mol. The van der Waals surface area contributed by atoms with Crippen molar-refractivity contribution in [2.24, 2.45) is 11.7 Å². The maximum Gasteiger partial charge on any atom is 0.225 e. The van der Waals surface area contributed by atoms with Gasteiger partial charge in [0.05, 0.1) is 12.0 Å². The molecule has 1 amide bonds. The fraction of sp³-hybridized carbons (Fsp3) is 0.294. The number of hydrogen-bond donors (Lipinski definition) is 2. The molecule has 0 radical (unpaired) electrons. The van der Waals surface area contributed by atoms with Crippen LogP contribution < -0.4 is 11.1 Å². The Morgan fingerprint density at radius 2 is 1.67 bits per heavy atom. The van der Waals surface area contributed by atoms with Crippen LogP contribution in [0.15, 0.2) is 54.9 Å². The molecule has 0 bridgehead atoms. The lowest BCUT2D eigenvalue weighted by molar-refractivity contribution is -0.125. The van der Waals surface area contributed by atoms with Crippen LogP contribution in [-0.2, 0) is 4.79 Å². The first-order chi connectivity index (χ1) is 10.1. The molecule has 0 aliphatic carbocycles. The zero-order valence-electron chi connectivity index (χ0n) is 12.4. The monoisotopic (exact) mass is 283 g/mol. The molecule has 1 aromatic heterocycles. The fourth-order valence-corrected chi connectivity index (χ4v) is 2.21. The maximum atomic E-state index is 12.3. The summed E-state index contributed by atoms with van der Waals surface area (Å²) < 4.78 is 0. The zero-order chi connectivity index (χ0) is 15.2. The average Bonchev–Trinajstić information content (AvgIpc) is 2.55. The number of nitrogens with two attached hydrogens (primary N) is 1. The van der Waals surface area contributed by atoms with E-state index in [4.69, 9.17) is 5.73 Å². The van der Waals surface area contributed by atoms with Crippen LogP contribution in [0.5, 0.6) is 0 Å². The minimum Gasteiger partial charge on any atom is -0.349 e. The summed E-state index contributed by atoms with van der Waals surface area (Å²) in [5, 5.41) is 3.00. The molecule has 3 N–H and O–H groups in total. The standard InChI is InChI=1S/C17H21N3O/c1-12(16(18)15-6-4-3-5-7-15)17(21)20-13(2)14-8-10-19-11-9-14/h3-13,16H,18H2,1-2H3,(H,20,21). The van der Waals surface area contributed by atoms with Crippen LogP contribution in [0.3, 0.4) is 0 Å². The summed E-state index contributed by atoms with van der Waals surface area (Å²) in [4.78, 5) is 16.3. The number of amides is 1. The van der Waals surface area contributed by atoms with E-state index in [1.807, 2.05) is 56.3 Å². The average molecular weight is 283 g/mol. The van der Waals surface area contributed by atoms with E-state index < -0.39 is 0 Å². The summed E-state index contributed by atoms with van der Waals surface area (Å²) in [5.41, 5.74) is 8.18. The van der Waals surface area contributed by atoms with Crippen LogP contribution in [0.4, 0.5) is 0 Å². The summed E-state index contributed by atoms with van der Waals surface area (Å²) in [7, 11) is 0. The predicted octanol–water partition coefficient (Wildman–Crippen LogP) is 2.59. The van der Waals surface area contributed by atoms with Crippen LogP contribution in [0.2, 0.25) is 0 Å². The molecule has 0 spiro atoms. The Morgan fingerprint density at radius 1 is 1.05 bits per heavy atom. The van der Waals surface area contributed by atoms with Crippen molar-refractivity contribution >= 4 is 5.91 Å². The molecule has 0 aliphatic rings. The molecule has 3 atom stereocenters. The van der Waals surface area contributed by atoms with Gasteiger partial charge in [-0.2, -0.15) is 0 Å². The van der Waals surface area contributed by atoms with Crippen molar-refractivity contribution in [2.75, 3.05) is 0 Å². The Morgan fingerprint density at radius 3 is 2.29 bits per heavy atom. The van der Waals surface area contributed by atoms with E-state index in [-0.39, 0.29) is 23.9 Å². The van der Waals surface area contributed by atoms with Crippen molar-refractivity contribution in [2.45, 2.75) is 25.9 Å². The first-order valence-electron chi connectivity index (χ1n) is 7.10. The maximum absolute atomic E-state index is 12.3. The van der Waals surface area contributed by atoms with Crippen molar-refractivity contribution in [3.05, 3.63) is 66.0 Å². The third kappa shape index (κ3) is 3.89. The highest BCUT2D eigenvalue weighted by molar-refractivity contribution is 5.79. The number of nitrogens with one attached hydrogen (secondary N) is 1. The van der Waals surface area contributed by atoms with Gasteiger partial charge < -0.3 is 11.1 Å². The molecule has 2 rings (SSSR count). The van der Waals surface area contributed by atoms with E-state index in [9.17, 15) is 4.79 Å². The number of pyridine rings is 1. The van der Waals surface area contributed by atoms with Gasteiger partial charge in [0.1, 0.15) is 0 Å². The molecular weight excluding hydrogens is 262 g/mol. The second-order valence-electron chi connectivity index (χ2n) is 5.24. The lowest BCUT2D eigenvalue weighted by atomic mass is 9.94. The van der Waals surface area contributed by atoms with Crippen molar-refractivity contribution in [1.29, 1.82) is 0 Å². The van der Waals surface area contributed by atoms with Gasteiger partial charge in [-0.05, 0) is 30.2 Å². The van der Waals surface area contributed by atoms with Gasteiger partial charge in [-0.3, -0.25) is 9.78 Å². The molecule has 2 aromatic rings. The third-order valence-electron chi connectivity index (χ3n) is 3.70. The van der Waals surface area contributed by atoms with Crippen LogP contribution >= 0.6 is 0 Å². The Hall–Kier alpha value is -2.20. The van der Waals surface area contributed by atoms with Crippen LogP contribution in [0, 0.1) is 5.92 Å². The number of rotatable bonds is 5. The molecule has 4 nitrogen and oxygen atoms in total. The molecular formula is C17H21N3O. The van der Waals surface area contributed by atoms with Crippen LogP contribution in [0.1, 0.15) is 37.1 Å². The lowest BCUT2D eigenvalue weighted by Gasteiger charge is -2.22. The Bertz CT molecular complexity index is 571. The van der Waals surface area contributed by atoms with Gasteiger partial charge in [0.15, 0.2) is 0 Å². The number of hydrogen-bond acceptors (Lipinski definition) is 3. The van der Waals surface area contributed by atoms with Gasteiger partial charge in [-0.15, -0.1) is 0 Å². The highest BCUT2D eigenvalue weighted by Gasteiger charge is 2.23. The fourth-order valence-electron chi connectivity index (χ4n) is 2.21. The topological polar surface area (TPSA) is 68.0 Å². The zero-order valence-corrected chi connectivity index (χ0v) is 12.4. The molecule has 110 valence electrons. The molecule has 0 fully saturated rings. The molecule has 0 saturated heterocycles. The lowest BCUT2D eigenvalue weighted by Crippen LogP contribution is -2.36. The third-order valence-corrected chi connectivity index (χ3v) is 3.70.